The summed E-state index contributed by atoms with van der Waals surface area (Å²) in [6.45, 7) is 1.40. The molecule has 1 aromatic heterocycles. The van der Waals surface area contributed by atoms with Gasteiger partial charge in [0.15, 0.2) is 0 Å². The highest BCUT2D eigenvalue weighted by Crippen LogP contribution is 1.96. The fourth-order valence-corrected chi connectivity index (χ4v) is 2.34. The second-order valence-corrected chi connectivity index (χ2v) is 7.08. The third kappa shape index (κ3) is 7.25. The number of nitrogens with zero attached hydrogens (tertiary/aromatic N) is 2. The fraction of sp³-hybridized carbons (Fsp3) is 0.667. The van der Waals surface area contributed by atoms with Crippen molar-refractivity contribution < 1.29 is 13.2 Å². The van der Waals surface area contributed by atoms with Crippen LogP contribution >= 0.6 is 0 Å². The average Bonchev–Trinajstić information content (AvgIpc) is 2.87. The number of sulfone groups is 1. The quantitative estimate of drug-likeness (QED) is 0.600. The minimum atomic E-state index is -3.08. The molecular formula is C12H22N4O3S. The van der Waals surface area contributed by atoms with Crippen molar-refractivity contribution in [3.8, 4) is 0 Å². The van der Waals surface area contributed by atoms with Crippen LogP contribution in [-0.2, 0) is 21.2 Å². The van der Waals surface area contributed by atoms with Crippen LogP contribution in [0.3, 0.4) is 0 Å². The van der Waals surface area contributed by atoms with E-state index in [-0.39, 0.29) is 18.1 Å². The zero-order chi connectivity index (χ0) is 15.0. The van der Waals surface area contributed by atoms with Crippen molar-refractivity contribution in [3.05, 3.63) is 18.7 Å². The summed E-state index contributed by atoms with van der Waals surface area (Å²) in [7, 11) is -3.08. The van der Waals surface area contributed by atoms with E-state index in [1.807, 2.05) is 10.8 Å². The fourth-order valence-electron chi connectivity index (χ4n) is 1.65. The van der Waals surface area contributed by atoms with Crippen molar-refractivity contribution >= 4 is 15.7 Å². The molecule has 0 aliphatic carbocycles. The number of unbranched alkanes of at least 4 members (excludes halogenated alkanes) is 1. The van der Waals surface area contributed by atoms with Gasteiger partial charge in [0.1, 0.15) is 9.84 Å². The molecule has 20 heavy (non-hydrogen) atoms. The van der Waals surface area contributed by atoms with E-state index in [0.717, 1.165) is 25.6 Å². The summed E-state index contributed by atoms with van der Waals surface area (Å²) in [4.78, 5) is 15.5. The molecule has 3 N–H and O–H groups in total. The van der Waals surface area contributed by atoms with E-state index in [9.17, 15) is 13.2 Å². The van der Waals surface area contributed by atoms with Gasteiger partial charge in [0.25, 0.3) is 0 Å². The summed E-state index contributed by atoms with van der Waals surface area (Å²) >= 11 is 0. The number of rotatable bonds is 9. The van der Waals surface area contributed by atoms with Gasteiger partial charge in [0.05, 0.1) is 18.1 Å². The Labute approximate surface area is 119 Å². The average molecular weight is 302 g/mol. The van der Waals surface area contributed by atoms with Crippen molar-refractivity contribution in [2.45, 2.75) is 31.8 Å². The largest absolute Gasteiger partial charge is 0.355 e. The first-order valence-electron chi connectivity index (χ1n) is 6.55. The lowest BCUT2D eigenvalue weighted by Crippen LogP contribution is -2.41. The Morgan fingerprint density at radius 2 is 2.20 bits per heavy atom. The van der Waals surface area contributed by atoms with E-state index in [4.69, 9.17) is 5.73 Å². The molecule has 1 aromatic rings. The molecule has 0 radical (unpaired) electrons. The summed E-state index contributed by atoms with van der Waals surface area (Å²) in [5, 5.41) is 2.72. The van der Waals surface area contributed by atoms with Crippen molar-refractivity contribution in [2.24, 2.45) is 5.73 Å². The van der Waals surface area contributed by atoms with Crippen molar-refractivity contribution in [1.82, 2.24) is 14.9 Å². The van der Waals surface area contributed by atoms with Crippen LogP contribution < -0.4 is 11.1 Å². The van der Waals surface area contributed by atoms with E-state index in [1.54, 1.807) is 12.5 Å². The Hall–Kier alpha value is -1.41. The van der Waals surface area contributed by atoms with Gasteiger partial charge in [-0.1, -0.05) is 0 Å². The minimum absolute atomic E-state index is 0.0672. The van der Waals surface area contributed by atoms with Crippen LogP contribution in [0.25, 0.3) is 0 Å². The molecule has 1 heterocycles. The van der Waals surface area contributed by atoms with Gasteiger partial charge in [-0.25, -0.2) is 13.4 Å². The lowest BCUT2D eigenvalue weighted by molar-refractivity contribution is -0.122. The van der Waals surface area contributed by atoms with Crippen molar-refractivity contribution in [3.63, 3.8) is 0 Å². The molecule has 0 fully saturated rings. The van der Waals surface area contributed by atoms with Gasteiger partial charge in [-0.15, -0.1) is 0 Å². The molecule has 0 saturated heterocycles. The number of amides is 1. The van der Waals surface area contributed by atoms with Crippen LogP contribution in [-0.4, -0.2) is 48.5 Å². The second-order valence-electron chi connectivity index (χ2n) is 4.82. The van der Waals surface area contributed by atoms with E-state index < -0.39 is 15.9 Å². The number of nitrogens with two attached hydrogens (primary N) is 1. The summed E-state index contributed by atoms with van der Waals surface area (Å²) in [6, 6.07) is -0.765. The zero-order valence-corrected chi connectivity index (χ0v) is 12.5. The first-order valence-corrected chi connectivity index (χ1v) is 8.61. The molecule has 7 nitrogen and oxygen atoms in total. The molecule has 0 aromatic carbocycles. The van der Waals surface area contributed by atoms with Crippen molar-refractivity contribution in [1.29, 1.82) is 0 Å². The number of hydrogen-bond donors (Lipinski definition) is 2. The van der Waals surface area contributed by atoms with E-state index in [2.05, 4.69) is 10.3 Å². The van der Waals surface area contributed by atoms with Crippen molar-refractivity contribution in [2.75, 3.05) is 18.6 Å². The highest BCUT2D eigenvalue weighted by Gasteiger charge is 2.15. The molecule has 0 aliphatic rings. The maximum Gasteiger partial charge on any atom is 0.236 e. The van der Waals surface area contributed by atoms with Gasteiger partial charge in [0, 0.05) is 31.7 Å². The topological polar surface area (TPSA) is 107 Å². The molecule has 0 aliphatic heterocycles. The Morgan fingerprint density at radius 1 is 1.45 bits per heavy atom. The Balaban J connectivity index is 2.10. The van der Waals surface area contributed by atoms with Crippen LogP contribution in [0.2, 0.25) is 0 Å². The molecule has 1 atom stereocenters. The maximum absolute atomic E-state index is 11.6. The predicted molar refractivity (Wildman–Crippen MR) is 76.8 cm³/mol. The lowest BCUT2D eigenvalue weighted by Gasteiger charge is -2.11. The number of aryl methyl sites for hydroxylation is 1. The molecule has 0 spiro atoms. The number of hydrogen-bond acceptors (Lipinski definition) is 5. The van der Waals surface area contributed by atoms with E-state index in [0.29, 0.717) is 6.54 Å². The van der Waals surface area contributed by atoms with Crippen LogP contribution in [0, 0.1) is 0 Å². The third-order valence-corrected chi connectivity index (χ3v) is 3.82. The zero-order valence-electron chi connectivity index (χ0n) is 11.7. The Bertz CT molecular complexity index is 499. The first kappa shape index (κ1) is 16.6. The standard InChI is InChI=1S/C12H22N4O3S/c1-20(18,19)9-4-11(13)12(17)15-5-2-3-7-16-8-6-14-10-16/h6,8,10-11H,2-5,7,9,13H2,1H3,(H,15,17). The van der Waals surface area contributed by atoms with E-state index >= 15 is 0 Å². The van der Waals surface area contributed by atoms with Gasteiger partial charge in [-0.05, 0) is 19.3 Å². The number of carbonyl (C=O) groups excluding carboxylic acids is 1. The Kier molecular flexibility index (Phi) is 6.66. The smallest absolute Gasteiger partial charge is 0.236 e. The van der Waals surface area contributed by atoms with Gasteiger partial charge >= 0.3 is 0 Å². The van der Waals surface area contributed by atoms with Crippen LogP contribution in [0.15, 0.2) is 18.7 Å². The molecular weight excluding hydrogens is 280 g/mol. The Morgan fingerprint density at radius 3 is 2.80 bits per heavy atom. The maximum atomic E-state index is 11.6. The first-order chi connectivity index (χ1) is 9.38. The summed E-state index contributed by atoms with van der Waals surface area (Å²) < 4.78 is 23.9. The van der Waals surface area contributed by atoms with E-state index in [1.165, 1.54) is 0 Å². The summed E-state index contributed by atoms with van der Waals surface area (Å²) in [6.07, 6.45) is 8.41. The minimum Gasteiger partial charge on any atom is -0.355 e. The summed E-state index contributed by atoms with van der Waals surface area (Å²) in [5.41, 5.74) is 5.63. The second kappa shape index (κ2) is 8.01. The highest BCUT2D eigenvalue weighted by molar-refractivity contribution is 7.90. The third-order valence-electron chi connectivity index (χ3n) is 2.84. The molecule has 0 saturated carbocycles. The van der Waals surface area contributed by atoms with Gasteiger partial charge in [-0.2, -0.15) is 0 Å². The molecule has 1 amide bonds. The number of imidazole rings is 1. The summed E-state index contributed by atoms with van der Waals surface area (Å²) in [5.74, 6) is -0.362. The molecule has 1 rings (SSSR count). The number of aromatic nitrogens is 2. The SMILES string of the molecule is CS(=O)(=O)CCC(N)C(=O)NCCCCn1ccnc1. The lowest BCUT2D eigenvalue weighted by atomic mass is 10.2. The number of nitrogens with one attached hydrogen (secondary N) is 1. The number of carbonyl (C=O) groups is 1. The van der Waals surface area contributed by atoms with Gasteiger partial charge in [-0.3, -0.25) is 4.79 Å². The molecule has 114 valence electrons. The molecule has 1 unspecified atom stereocenters. The van der Waals surface area contributed by atoms with Crippen LogP contribution in [0.4, 0.5) is 0 Å². The van der Waals surface area contributed by atoms with Gasteiger partial charge in [0.2, 0.25) is 5.91 Å². The van der Waals surface area contributed by atoms with Gasteiger partial charge < -0.3 is 15.6 Å². The normalized spacial score (nSPS) is 13.1. The monoisotopic (exact) mass is 302 g/mol. The molecule has 0 bridgehead atoms. The van der Waals surface area contributed by atoms with Crippen LogP contribution in [0.5, 0.6) is 0 Å². The molecule has 8 heteroatoms. The van der Waals surface area contributed by atoms with Crippen LogP contribution in [0.1, 0.15) is 19.3 Å². The highest BCUT2D eigenvalue weighted by atomic mass is 32.2. The predicted octanol–water partition coefficient (Wildman–Crippen LogP) is -0.458.